The highest BCUT2D eigenvalue weighted by Gasteiger charge is 2.22. The lowest BCUT2D eigenvalue weighted by Crippen LogP contribution is -2.45. The summed E-state index contributed by atoms with van der Waals surface area (Å²) in [6.45, 7) is 14.0. The smallest absolute Gasteiger partial charge is 0.191 e. The first-order chi connectivity index (χ1) is 12.7. The third-order valence-corrected chi connectivity index (χ3v) is 5.41. The van der Waals surface area contributed by atoms with Gasteiger partial charge in [-0.2, -0.15) is 0 Å². The van der Waals surface area contributed by atoms with Gasteiger partial charge in [0.1, 0.15) is 0 Å². The fourth-order valence-corrected chi connectivity index (χ4v) is 3.79. The Morgan fingerprint density at radius 1 is 1.30 bits per heavy atom. The fraction of sp³-hybridized carbons (Fsp3) is 0.950. The van der Waals surface area contributed by atoms with Crippen molar-refractivity contribution in [2.75, 3.05) is 52.6 Å². The van der Waals surface area contributed by atoms with E-state index in [1.165, 1.54) is 25.8 Å². The van der Waals surface area contributed by atoms with Crippen LogP contribution in [0.1, 0.15) is 52.9 Å². The number of rotatable bonds is 10. The number of hydrogen-bond acceptors (Lipinski definition) is 4. The first-order valence-corrected chi connectivity index (χ1v) is 10.6. The van der Waals surface area contributed by atoms with Crippen LogP contribution in [0.5, 0.6) is 0 Å². The van der Waals surface area contributed by atoms with Crippen molar-refractivity contribution in [3.8, 4) is 0 Å². The molecule has 7 heteroatoms. The van der Waals surface area contributed by atoms with Gasteiger partial charge in [-0.3, -0.25) is 9.89 Å². The van der Waals surface area contributed by atoms with Gasteiger partial charge in [0.25, 0.3) is 0 Å². The summed E-state index contributed by atoms with van der Waals surface area (Å²) in [6.07, 6.45) is 6.15. The highest BCUT2D eigenvalue weighted by atomic mass is 127. The van der Waals surface area contributed by atoms with Crippen LogP contribution in [-0.4, -0.2) is 75.5 Å². The standard InChI is InChI=1S/C20H40N4O2.HI/c1-4-21-20(22-10-7-12-25-15-19-9-13-26-16-19)23-14-18(3)24-11-6-5-8-17(24)2;/h17-19H,4-16H2,1-3H3,(H2,21,22,23);1H. The maximum Gasteiger partial charge on any atom is 0.191 e. The van der Waals surface area contributed by atoms with E-state index >= 15 is 0 Å². The van der Waals surface area contributed by atoms with Crippen LogP contribution in [-0.2, 0) is 9.47 Å². The second-order valence-electron chi connectivity index (χ2n) is 7.74. The molecule has 2 saturated heterocycles. The number of piperidine rings is 1. The van der Waals surface area contributed by atoms with Crippen molar-refractivity contribution < 1.29 is 9.47 Å². The third-order valence-electron chi connectivity index (χ3n) is 5.41. The molecule has 3 atom stereocenters. The maximum atomic E-state index is 5.76. The van der Waals surface area contributed by atoms with E-state index in [-0.39, 0.29) is 24.0 Å². The molecule has 0 aromatic carbocycles. The zero-order valence-corrected chi connectivity index (χ0v) is 19.9. The summed E-state index contributed by atoms with van der Waals surface area (Å²) < 4.78 is 11.1. The monoisotopic (exact) mass is 496 g/mol. The average Bonchev–Trinajstić information content (AvgIpc) is 3.16. The molecule has 2 heterocycles. The number of hydrogen-bond donors (Lipinski definition) is 2. The molecule has 2 aliphatic heterocycles. The molecule has 2 N–H and O–H groups in total. The van der Waals surface area contributed by atoms with E-state index in [1.54, 1.807) is 0 Å². The zero-order chi connectivity index (χ0) is 18.6. The van der Waals surface area contributed by atoms with Crippen molar-refractivity contribution >= 4 is 29.9 Å². The molecule has 2 fully saturated rings. The first kappa shape index (κ1) is 24.9. The van der Waals surface area contributed by atoms with Crippen LogP contribution in [0.15, 0.2) is 4.99 Å². The van der Waals surface area contributed by atoms with Gasteiger partial charge in [0.05, 0.1) is 19.8 Å². The zero-order valence-electron chi connectivity index (χ0n) is 17.5. The predicted molar refractivity (Wildman–Crippen MR) is 123 cm³/mol. The van der Waals surface area contributed by atoms with Crippen molar-refractivity contribution in [2.45, 2.75) is 65.0 Å². The number of halogens is 1. The van der Waals surface area contributed by atoms with Crippen LogP contribution >= 0.6 is 24.0 Å². The fourth-order valence-electron chi connectivity index (χ4n) is 3.79. The van der Waals surface area contributed by atoms with Gasteiger partial charge >= 0.3 is 0 Å². The molecule has 160 valence electrons. The minimum atomic E-state index is 0. The number of guanidine groups is 1. The molecule has 27 heavy (non-hydrogen) atoms. The van der Waals surface area contributed by atoms with Crippen molar-refractivity contribution in [3.05, 3.63) is 0 Å². The molecule has 0 bridgehead atoms. The summed E-state index contributed by atoms with van der Waals surface area (Å²) in [4.78, 5) is 7.41. The number of aliphatic imine (C=N–C) groups is 1. The van der Waals surface area contributed by atoms with Gasteiger partial charge < -0.3 is 20.1 Å². The van der Waals surface area contributed by atoms with E-state index in [0.717, 1.165) is 64.9 Å². The van der Waals surface area contributed by atoms with Gasteiger partial charge in [0, 0.05) is 44.3 Å². The Hall–Kier alpha value is -0.120. The van der Waals surface area contributed by atoms with Gasteiger partial charge in [-0.25, -0.2) is 0 Å². The Kier molecular flexibility index (Phi) is 13.7. The van der Waals surface area contributed by atoms with Crippen molar-refractivity contribution in [3.63, 3.8) is 0 Å². The largest absolute Gasteiger partial charge is 0.381 e. The minimum Gasteiger partial charge on any atom is -0.381 e. The molecular weight excluding hydrogens is 455 g/mol. The Morgan fingerprint density at radius 2 is 2.15 bits per heavy atom. The van der Waals surface area contributed by atoms with Crippen molar-refractivity contribution in [1.82, 2.24) is 15.5 Å². The Balaban J connectivity index is 0.00000364. The van der Waals surface area contributed by atoms with Crippen molar-refractivity contribution in [1.29, 1.82) is 0 Å². The lowest BCUT2D eigenvalue weighted by Gasteiger charge is -2.37. The van der Waals surface area contributed by atoms with Crippen LogP contribution < -0.4 is 10.6 Å². The Bertz CT molecular complexity index is 405. The second-order valence-corrected chi connectivity index (χ2v) is 7.74. The lowest BCUT2D eigenvalue weighted by atomic mass is 10.0. The Labute approximate surface area is 183 Å². The molecule has 3 unspecified atom stereocenters. The van der Waals surface area contributed by atoms with Gasteiger partial charge in [-0.1, -0.05) is 6.42 Å². The van der Waals surface area contributed by atoms with Crippen LogP contribution in [0.25, 0.3) is 0 Å². The lowest BCUT2D eigenvalue weighted by molar-refractivity contribution is 0.0888. The molecule has 0 amide bonds. The van der Waals surface area contributed by atoms with E-state index in [4.69, 9.17) is 14.5 Å². The highest BCUT2D eigenvalue weighted by molar-refractivity contribution is 14.0. The molecule has 6 nitrogen and oxygen atoms in total. The molecule has 2 rings (SSSR count). The predicted octanol–water partition coefficient (Wildman–Crippen LogP) is 2.87. The second kappa shape index (κ2) is 14.8. The number of likely N-dealkylation sites (tertiary alicyclic amines) is 1. The van der Waals surface area contributed by atoms with Crippen LogP contribution in [0.4, 0.5) is 0 Å². The van der Waals surface area contributed by atoms with E-state index in [1.807, 2.05) is 0 Å². The number of ether oxygens (including phenoxy) is 2. The minimum absolute atomic E-state index is 0. The Morgan fingerprint density at radius 3 is 2.85 bits per heavy atom. The van der Waals surface area contributed by atoms with Crippen molar-refractivity contribution in [2.24, 2.45) is 10.9 Å². The number of nitrogens with one attached hydrogen (secondary N) is 2. The summed E-state index contributed by atoms with van der Waals surface area (Å²) >= 11 is 0. The van der Waals surface area contributed by atoms with E-state index in [2.05, 4.69) is 36.3 Å². The van der Waals surface area contributed by atoms with Crippen LogP contribution in [0.2, 0.25) is 0 Å². The molecular formula is C20H41IN4O2. The van der Waals surface area contributed by atoms with Gasteiger partial charge in [0.15, 0.2) is 5.96 Å². The molecule has 0 radical (unpaired) electrons. The first-order valence-electron chi connectivity index (χ1n) is 10.6. The molecule has 2 aliphatic rings. The van der Waals surface area contributed by atoms with Crippen LogP contribution in [0.3, 0.4) is 0 Å². The summed E-state index contributed by atoms with van der Waals surface area (Å²) in [6, 6.07) is 1.18. The quantitative estimate of drug-likeness (QED) is 0.211. The molecule has 0 aromatic heterocycles. The van der Waals surface area contributed by atoms with E-state index in [0.29, 0.717) is 18.0 Å². The summed E-state index contributed by atoms with van der Waals surface area (Å²) in [5, 5.41) is 6.79. The van der Waals surface area contributed by atoms with Gasteiger partial charge in [0.2, 0.25) is 0 Å². The average molecular weight is 496 g/mol. The van der Waals surface area contributed by atoms with E-state index in [9.17, 15) is 0 Å². The summed E-state index contributed by atoms with van der Waals surface area (Å²) in [7, 11) is 0. The SMILES string of the molecule is CCNC(=NCC(C)N1CCCCC1C)NCCCOCC1CCOC1.I. The molecule has 0 saturated carbocycles. The summed E-state index contributed by atoms with van der Waals surface area (Å²) in [5.41, 5.74) is 0. The number of nitrogens with zero attached hydrogens (tertiary/aromatic N) is 2. The molecule has 0 aromatic rings. The third kappa shape index (κ3) is 9.76. The van der Waals surface area contributed by atoms with E-state index < -0.39 is 0 Å². The molecule has 0 spiro atoms. The summed E-state index contributed by atoms with van der Waals surface area (Å²) in [5.74, 6) is 1.52. The highest BCUT2D eigenvalue weighted by Crippen LogP contribution is 2.19. The topological polar surface area (TPSA) is 58.1 Å². The molecule has 0 aliphatic carbocycles. The maximum absolute atomic E-state index is 5.76. The van der Waals surface area contributed by atoms with Crippen LogP contribution in [0, 0.1) is 5.92 Å². The van der Waals surface area contributed by atoms with Gasteiger partial charge in [-0.15, -0.1) is 24.0 Å². The normalized spacial score (nSPS) is 25.1. The van der Waals surface area contributed by atoms with Gasteiger partial charge in [-0.05, 0) is 53.0 Å².